The fourth-order valence-corrected chi connectivity index (χ4v) is 2.93. The van der Waals surface area contributed by atoms with Crippen LogP contribution in [0.1, 0.15) is 6.92 Å². The molecule has 0 aliphatic carbocycles. The standard InChI is InChI=1S/C19H15N3O3/c1-2-22-14-11-7-6-10-13(14)16(23)15(19(22)24)18-20-17(21-25-18)12-8-4-3-5-9-12/h3-11,23H,2H2,1H3. The Kier molecular flexibility index (Phi) is 3.57. The molecule has 0 spiro atoms. The monoisotopic (exact) mass is 333 g/mol. The van der Waals surface area contributed by atoms with Gasteiger partial charge in [0.05, 0.1) is 5.52 Å². The number of aryl methyl sites for hydroxylation is 1. The van der Waals surface area contributed by atoms with Gasteiger partial charge < -0.3 is 14.2 Å². The van der Waals surface area contributed by atoms with Crippen molar-refractivity contribution in [3.05, 3.63) is 65.0 Å². The normalized spacial score (nSPS) is 11.1. The summed E-state index contributed by atoms with van der Waals surface area (Å²) in [4.78, 5) is 17.2. The molecule has 0 unspecified atom stereocenters. The highest BCUT2D eigenvalue weighted by molar-refractivity contribution is 5.90. The molecule has 6 heteroatoms. The second kappa shape index (κ2) is 5.90. The number of hydrogen-bond donors (Lipinski definition) is 1. The molecule has 25 heavy (non-hydrogen) atoms. The Balaban J connectivity index is 1.96. The number of nitrogens with zero attached hydrogens (tertiary/aromatic N) is 3. The summed E-state index contributed by atoms with van der Waals surface area (Å²) in [5, 5.41) is 15.1. The van der Waals surface area contributed by atoms with E-state index in [0.29, 0.717) is 23.3 Å². The molecule has 0 radical (unpaired) electrons. The van der Waals surface area contributed by atoms with Crippen LogP contribution < -0.4 is 5.56 Å². The van der Waals surface area contributed by atoms with Crippen LogP contribution in [0, 0.1) is 0 Å². The molecule has 6 nitrogen and oxygen atoms in total. The maximum atomic E-state index is 12.9. The van der Waals surface area contributed by atoms with Crippen LogP contribution in [0.2, 0.25) is 0 Å². The summed E-state index contributed by atoms with van der Waals surface area (Å²) in [6.45, 7) is 2.34. The van der Waals surface area contributed by atoms with Crippen LogP contribution >= 0.6 is 0 Å². The van der Waals surface area contributed by atoms with E-state index in [4.69, 9.17) is 4.52 Å². The van der Waals surface area contributed by atoms with E-state index < -0.39 is 0 Å². The molecule has 124 valence electrons. The zero-order valence-corrected chi connectivity index (χ0v) is 13.5. The molecule has 2 aromatic carbocycles. The third-order valence-electron chi connectivity index (χ3n) is 4.13. The van der Waals surface area contributed by atoms with Gasteiger partial charge in [0, 0.05) is 17.5 Å². The van der Waals surface area contributed by atoms with Gasteiger partial charge in [-0.2, -0.15) is 4.98 Å². The second-order valence-corrected chi connectivity index (χ2v) is 5.58. The largest absolute Gasteiger partial charge is 0.506 e. The Morgan fingerprint density at radius 2 is 1.80 bits per heavy atom. The van der Waals surface area contributed by atoms with Gasteiger partial charge in [0.25, 0.3) is 11.4 Å². The number of para-hydroxylation sites is 1. The zero-order chi connectivity index (χ0) is 17.4. The van der Waals surface area contributed by atoms with E-state index in [9.17, 15) is 9.90 Å². The van der Waals surface area contributed by atoms with Gasteiger partial charge in [-0.1, -0.05) is 47.6 Å². The van der Waals surface area contributed by atoms with E-state index in [1.807, 2.05) is 43.3 Å². The highest BCUT2D eigenvalue weighted by Gasteiger charge is 2.22. The van der Waals surface area contributed by atoms with Crippen LogP contribution in [0.5, 0.6) is 5.75 Å². The van der Waals surface area contributed by atoms with Crippen molar-refractivity contribution >= 4 is 10.9 Å². The molecular weight excluding hydrogens is 318 g/mol. The minimum Gasteiger partial charge on any atom is -0.506 e. The lowest BCUT2D eigenvalue weighted by molar-refractivity contribution is 0.425. The summed E-state index contributed by atoms with van der Waals surface area (Å²) in [7, 11) is 0. The zero-order valence-electron chi connectivity index (χ0n) is 13.5. The Bertz CT molecular complexity index is 1110. The van der Waals surface area contributed by atoms with Gasteiger partial charge in [-0.15, -0.1) is 0 Å². The fourth-order valence-electron chi connectivity index (χ4n) is 2.93. The minimum atomic E-state index is -0.359. The molecule has 2 aromatic heterocycles. The van der Waals surface area contributed by atoms with E-state index in [1.54, 1.807) is 22.8 Å². The van der Waals surface area contributed by atoms with Gasteiger partial charge >= 0.3 is 0 Å². The molecule has 0 aliphatic rings. The van der Waals surface area contributed by atoms with Crippen molar-refractivity contribution in [2.75, 3.05) is 0 Å². The molecule has 0 saturated carbocycles. The van der Waals surface area contributed by atoms with E-state index in [-0.39, 0.29) is 22.8 Å². The number of hydrogen-bond acceptors (Lipinski definition) is 5. The maximum Gasteiger partial charge on any atom is 0.267 e. The average Bonchev–Trinajstić information content (AvgIpc) is 3.13. The van der Waals surface area contributed by atoms with Crippen LogP contribution in [-0.4, -0.2) is 19.8 Å². The van der Waals surface area contributed by atoms with Crippen LogP contribution in [0.4, 0.5) is 0 Å². The van der Waals surface area contributed by atoms with Crippen LogP contribution in [0.15, 0.2) is 63.9 Å². The summed E-state index contributed by atoms with van der Waals surface area (Å²) >= 11 is 0. The predicted octanol–water partition coefficient (Wildman–Crippen LogP) is 3.44. The summed E-state index contributed by atoms with van der Waals surface area (Å²) in [6.07, 6.45) is 0. The third-order valence-corrected chi connectivity index (χ3v) is 4.13. The maximum absolute atomic E-state index is 12.9. The molecule has 0 amide bonds. The Hall–Kier alpha value is -3.41. The molecule has 4 aromatic rings. The molecule has 0 bridgehead atoms. The molecule has 1 N–H and O–H groups in total. The summed E-state index contributed by atoms with van der Waals surface area (Å²) in [5.41, 5.74) is 1.10. The number of pyridine rings is 1. The first kappa shape index (κ1) is 15.1. The third kappa shape index (κ3) is 2.39. The van der Waals surface area contributed by atoms with Crippen molar-refractivity contribution in [3.8, 4) is 28.6 Å². The van der Waals surface area contributed by atoms with Crippen molar-refractivity contribution < 1.29 is 9.63 Å². The highest BCUT2D eigenvalue weighted by Crippen LogP contribution is 2.32. The summed E-state index contributed by atoms with van der Waals surface area (Å²) < 4.78 is 6.86. The van der Waals surface area contributed by atoms with E-state index in [0.717, 1.165) is 5.56 Å². The predicted molar refractivity (Wildman–Crippen MR) is 94.3 cm³/mol. The number of aromatic nitrogens is 3. The van der Waals surface area contributed by atoms with Crippen molar-refractivity contribution in [2.24, 2.45) is 0 Å². The summed E-state index contributed by atoms with van der Waals surface area (Å²) in [6, 6.07) is 16.5. The van der Waals surface area contributed by atoms with Gasteiger partial charge in [-0.25, -0.2) is 0 Å². The van der Waals surface area contributed by atoms with Gasteiger partial charge in [-0.05, 0) is 19.1 Å². The van der Waals surface area contributed by atoms with Gasteiger partial charge in [0.2, 0.25) is 5.82 Å². The number of fused-ring (bicyclic) bond motifs is 1. The minimum absolute atomic E-state index is 0.00862. The second-order valence-electron chi connectivity index (χ2n) is 5.58. The van der Waals surface area contributed by atoms with Crippen LogP contribution in [-0.2, 0) is 6.54 Å². The number of rotatable bonds is 3. The molecular formula is C19H15N3O3. The van der Waals surface area contributed by atoms with Gasteiger partial charge in [0.1, 0.15) is 11.3 Å². The Labute approximate surface area is 143 Å². The topological polar surface area (TPSA) is 81.2 Å². The molecule has 4 rings (SSSR count). The lowest BCUT2D eigenvalue weighted by atomic mass is 10.1. The van der Waals surface area contributed by atoms with Crippen molar-refractivity contribution in [2.45, 2.75) is 13.5 Å². The number of aromatic hydroxyl groups is 1. The molecule has 2 heterocycles. The first-order chi connectivity index (χ1) is 12.2. The molecule has 0 atom stereocenters. The lowest BCUT2D eigenvalue weighted by Gasteiger charge is -2.11. The first-order valence-corrected chi connectivity index (χ1v) is 7.94. The first-order valence-electron chi connectivity index (χ1n) is 7.94. The van der Waals surface area contributed by atoms with Crippen LogP contribution in [0.25, 0.3) is 33.7 Å². The van der Waals surface area contributed by atoms with E-state index in [1.165, 1.54) is 0 Å². The smallest absolute Gasteiger partial charge is 0.267 e. The number of benzene rings is 2. The van der Waals surface area contributed by atoms with Crippen molar-refractivity contribution in [1.29, 1.82) is 0 Å². The highest BCUT2D eigenvalue weighted by atomic mass is 16.5. The lowest BCUT2D eigenvalue weighted by Crippen LogP contribution is -2.21. The summed E-state index contributed by atoms with van der Waals surface area (Å²) in [5.74, 6) is 0.230. The Morgan fingerprint density at radius 3 is 2.56 bits per heavy atom. The molecule has 0 saturated heterocycles. The quantitative estimate of drug-likeness (QED) is 0.621. The molecule has 0 aliphatic heterocycles. The van der Waals surface area contributed by atoms with Crippen molar-refractivity contribution in [3.63, 3.8) is 0 Å². The van der Waals surface area contributed by atoms with E-state index >= 15 is 0 Å². The van der Waals surface area contributed by atoms with Crippen molar-refractivity contribution in [1.82, 2.24) is 14.7 Å². The fraction of sp³-hybridized carbons (Fsp3) is 0.105. The van der Waals surface area contributed by atoms with E-state index in [2.05, 4.69) is 10.1 Å². The SMILES string of the molecule is CCn1c(=O)c(-c2nc(-c3ccccc3)no2)c(O)c2ccccc21. The average molecular weight is 333 g/mol. The molecule has 0 fully saturated rings. The van der Waals surface area contributed by atoms with Crippen LogP contribution in [0.3, 0.4) is 0 Å². The van der Waals surface area contributed by atoms with Gasteiger partial charge in [-0.3, -0.25) is 4.79 Å². The Morgan fingerprint density at radius 1 is 1.08 bits per heavy atom. The van der Waals surface area contributed by atoms with Gasteiger partial charge in [0.15, 0.2) is 0 Å².